The van der Waals surface area contributed by atoms with E-state index in [0.717, 1.165) is 48.2 Å². The maximum Gasteiger partial charge on any atom is 0.244 e. The van der Waals surface area contributed by atoms with Crippen molar-refractivity contribution in [1.82, 2.24) is 10.2 Å². The van der Waals surface area contributed by atoms with E-state index >= 15 is 0 Å². The monoisotopic (exact) mass is 675 g/mol. The minimum Gasteiger partial charge on any atom is -0.493 e. The average molecular weight is 677 g/mol. The summed E-state index contributed by atoms with van der Waals surface area (Å²) in [6, 6.07) is 18.0. The van der Waals surface area contributed by atoms with Crippen molar-refractivity contribution in [2.45, 2.75) is 57.2 Å². The molecular formula is C33H39Cl2N3O6S. The van der Waals surface area contributed by atoms with E-state index in [-0.39, 0.29) is 30.6 Å². The highest BCUT2D eigenvalue weighted by molar-refractivity contribution is 7.92. The number of benzene rings is 3. The summed E-state index contributed by atoms with van der Waals surface area (Å²) >= 11 is 13.1. The SMILES string of the molecule is COc1ccc(N(CC(=O)N(Cc2c(Cl)cccc2Cl)C(Cc2ccccc2)C(=O)NC2CCCCC2)S(C)(=O)=O)cc1OC. The molecule has 1 unspecified atom stereocenters. The zero-order valence-corrected chi connectivity index (χ0v) is 28.0. The van der Waals surface area contributed by atoms with Crippen molar-refractivity contribution in [3.05, 3.63) is 87.9 Å². The van der Waals surface area contributed by atoms with E-state index in [2.05, 4.69) is 5.32 Å². The number of ether oxygens (including phenoxy) is 2. The van der Waals surface area contributed by atoms with Crippen LogP contribution in [0.5, 0.6) is 11.5 Å². The third-order valence-electron chi connectivity index (χ3n) is 7.95. The van der Waals surface area contributed by atoms with Crippen molar-refractivity contribution in [3.8, 4) is 11.5 Å². The normalized spacial score (nSPS) is 14.3. The molecule has 0 aromatic heterocycles. The predicted molar refractivity (Wildman–Crippen MR) is 178 cm³/mol. The molecule has 1 aliphatic carbocycles. The van der Waals surface area contributed by atoms with Gasteiger partial charge in [0.15, 0.2) is 11.5 Å². The Hall–Kier alpha value is -3.47. The van der Waals surface area contributed by atoms with Gasteiger partial charge in [0.1, 0.15) is 12.6 Å². The van der Waals surface area contributed by atoms with Gasteiger partial charge >= 0.3 is 0 Å². The summed E-state index contributed by atoms with van der Waals surface area (Å²) in [5.74, 6) is -0.229. The first kappa shape index (κ1) is 34.4. The molecule has 4 rings (SSSR count). The quantitative estimate of drug-likeness (QED) is 0.243. The highest BCUT2D eigenvalue weighted by Gasteiger charge is 2.35. The van der Waals surface area contributed by atoms with Crippen molar-refractivity contribution in [1.29, 1.82) is 0 Å². The minimum absolute atomic E-state index is 0.00958. The van der Waals surface area contributed by atoms with Crippen LogP contribution in [0.1, 0.15) is 43.2 Å². The maximum absolute atomic E-state index is 14.4. The van der Waals surface area contributed by atoms with Gasteiger partial charge in [-0.2, -0.15) is 0 Å². The van der Waals surface area contributed by atoms with Crippen LogP contribution in [0.3, 0.4) is 0 Å². The van der Waals surface area contributed by atoms with E-state index < -0.39 is 28.5 Å². The second-order valence-corrected chi connectivity index (χ2v) is 13.8. The first-order valence-corrected chi connectivity index (χ1v) is 17.4. The molecule has 45 heavy (non-hydrogen) atoms. The van der Waals surface area contributed by atoms with Crippen molar-refractivity contribution in [3.63, 3.8) is 0 Å². The first-order chi connectivity index (χ1) is 21.5. The van der Waals surface area contributed by atoms with Gasteiger partial charge in [-0.05, 0) is 42.7 Å². The second-order valence-electron chi connectivity index (χ2n) is 11.1. The highest BCUT2D eigenvalue weighted by Crippen LogP contribution is 2.33. The number of rotatable bonds is 13. The van der Waals surface area contributed by atoms with Gasteiger partial charge in [0.2, 0.25) is 21.8 Å². The fraction of sp³-hybridized carbons (Fsp3) is 0.394. The van der Waals surface area contributed by atoms with E-state index in [0.29, 0.717) is 27.1 Å². The second kappa shape index (κ2) is 15.7. The summed E-state index contributed by atoms with van der Waals surface area (Å²) in [7, 11) is -1.06. The van der Waals surface area contributed by atoms with Crippen LogP contribution in [0.25, 0.3) is 0 Å². The molecule has 1 saturated carbocycles. The Labute approximate surface area is 275 Å². The molecule has 1 fully saturated rings. The largest absolute Gasteiger partial charge is 0.493 e. The zero-order chi connectivity index (χ0) is 32.6. The Morgan fingerprint density at radius 2 is 1.56 bits per heavy atom. The highest BCUT2D eigenvalue weighted by atomic mass is 35.5. The van der Waals surface area contributed by atoms with Crippen molar-refractivity contribution < 1.29 is 27.5 Å². The summed E-state index contributed by atoms with van der Waals surface area (Å²) in [5.41, 5.74) is 1.49. The number of halogens is 2. The zero-order valence-electron chi connectivity index (χ0n) is 25.7. The molecule has 1 atom stereocenters. The Kier molecular flexibility index (Phi) is 12.0. The van der Waals surface area contributed by atoms with Gasteiger partial charge in [0.25, 0.3) is 0 Å². The molecule has 9 nitrogen and oxygen atoms in total. The van der Waals surface area contributed by atoms with Crippen molar-refractivity contribution >= 4 is 50.7 Å². The molecule has 3 aromatic carbocycles. The van der Waals surface area contributed by atoms with Crippen LogP contribution in [0.15, 0.2) is 66.7 Å². The fourth-order valence-corrected chi connectivity index (χ4v) is 6.90. The number of sulfonamides is 1. The average Bonchev–Trinajstić information content (AvgIpc) is 3.02. The molecule has 0 spiro atoms. The first-order valence-electron chi connectivity index (χ1n) is 14.8. The van der Waals surface area contributed by atoms with Crippen LogP contribution in [-0.2, 0) is 32.6 Å². The molecule has 0 aliphatic heterocycles. The lowest BCUT2D eigenvalue weighted by atomic mass is 9.94. The molecular weight excluding hydrogens is 637 g/mol. The van der Waals surface area contributed by atoms with Crippen LogP contribution in [0, 0.1) is 0 Å². The van der Waals surface area contributed by atoms with Crippen LogP contribution in [-0.4, -0.2) is 64.2 Å². The van der Waals surface area contributed by atoms with Crippen LogP contribution in [0.4, 0.5) is 5.69 Å². The van der Waals surface area contributed by atoms with Crippen molar-refractivity contribution in [2.75, 3.05) is 31.3 Å². The van der Waals surface area contributed by atoms with E-state index in [1.807, 2.05) is 30.3 Å². The molecule has 3 aromatic rings. The predicted octanol–water partition coefficient (Wildman–Crippen LogP) is 5.87. The van der Waals surface area contributed by atoms with Crippen molar-refractivity contribution in [2.24, 2.45) is 0 Å². The summed E-state index contributed by atoms with van der Waals surface area (Å²) in [4.78, 5) is 29.9. The lowest BCUT2D eigenvalue weighted by Crippen LogP contribution is -2.55. The number of carbonyl (C=O) groups excluding carboxylic acids is 2. The maximum atomic E-state index is 14.4. The Morgan fingerprint density at radius 3 is 2.16 bits per heavy atom. The topological polar surface area (TPSA) is 105 Å². The van der Waals surface area contributed by atoms with Gasteiger partial charge in [-0.15, -0.1) is 0 Å². The molecule has 1 aliphatic rings. The minimum atomic E-state index is -3.97. The molecule has 0 saturated heterocycles. The fourth-order valence-electron chi connectivity index (χ4n) is 5.55. The third-order valence-corrected chi connectivity index (χ3v) is 9.80. The van der Waals surface area contributed by atoms with Crippen LogP contribution < -0.4 is 19.1 Å². The molecule has 0 heterocycles. The number of carbonyl (C=O) groups is 2. The van der Waals surface area contributed by atoms with E-state index in [1.165, 1.54) is 31.3 Å². The van der Waals surface area contributed by atoms with Crippen LogP contribution >= 0.6 is 23.2 Å². The Bertz CT molecular complexity index is 1560. The molecule has 0 radical (unpaired) electrons. The number of methoxy groups -OCH3 is 2. The van der Waals surface area contributed by atoms with Gasteiger partial charge in [-0.25, -0.2) is 8.42 Å². The van der Waals surface area contributed by atoms with E-state index in [4.69, 9.17) is 32.7 Å². The molecule has 1 N–H and O–H groups in total. The Balaban J connectivity index is 1.77. The van der Waals surface area contributed by atoms with E-state index in [9.17, 15) is 18.0 Å². The number of hydrogen-bond acceptors (Lipinski definition) is 6. The van der Waals surface area contributed by atoms with Gasteiger partial charge in [0.05, 0.1) is 26.2 Å². The van der Waals surface area contributed by atoms with Gasteiger partial charge in [-0.1, -0.05) is 78.9 Å². The smallest absolute Gasteiger partial charge is 0.244 e. The summed E-state index contributed by atoms with van der Waals surface area (Å²) in [6.45, 7) is -0.700. The molecule has 242 valence electrons. The van der Waals surface area contributed by atoms with Gasteiger partial charge in [-0.3, -0.25) is 13.9 Å². The number of anilines is 1. The van der Waals surface area contributed by atoms with Gasteiger partial charge < -0.3 is 19.7 Å². The number of nitrogens with one attached hydrogen (secondary N) is 1. The molecule has 0 bridgehead atoms. The number of amides is 2. The summed E-state index contributed by atoms with van der Waals surface area (Å²) in [6.07, 6.45) is 6.07. The summed E-state index contributed by atoms with van der Waals surface area (Å²) in [5, 5.41) is 3.82. The van der Waals surface area contributed by atoms with Crippen LogP contribution in [0.2, 0.25) is 10.0 Å². The molecule has 12 heteroatoms. The standard InChI is InChI=1S/C33H39Cl2N3O6S/c1-43-30-18-17-25(20-31(30)44-2)38(45(3,41)42)22-32(39)37(21-26-27(34)15-10-16-28(26)35)29(19-23-11-6-4-7-12-23)33(40)36-24-13-8-5-9-14-24/h4,6-7,10-12,15-18,20,24,29H,5,8-9,13-14,19,21-22H2,1-3H3,(H,36,40). The number of nitrogens with zero attached hydrogens (tertiary/aromatic N) is 2. The molecule has 2 amide bonds. The lowest BCUT2D eigenvalue weighted by molar-refractivity contribution is -0.140. The summed E-state index contributed by atoms with van der Waals surface area (Å²) < 4.78 is 37.9. The van der Waals surface area contributed by atoms with Gasteiger partial charge in [0, 0.05) is 40.7 Å². The Morgan fingerprint density at radius 1 is 0.911 bits per heavy atom. The number of hydrogen-bond donors (Lipinski definition) is 1. The van der Waals surface area contributed by atoms with E-state index in [1.54, 1.807) is 24.3 Å². The lowest BCUT2D eigenvalue weighted by Gasteiger charge is -2.35. The third kappa shape index (κ3) is 9.05.